The van der Waals surface area contributed by atoms with Gasteiger partial charge in [-0.1, -0.05) is 0 Å². The van der Waals surface area contributed by atoms with E-state index in [1.54, 1.807) is 0 Å². The van der Waals surface area contributed by atoms with Gasteiger partial charge in [-0.3, -0.25) is 14.3 Å². The number of nitrogens with two attached hydrogens (primary N) is 2. The molecular formula is C5H10N4O3. The summed E-state index contributed by atoms with van der Waals surface area (Å²) in [6, 6.07) is 0. The lowest BCUT2D eigenvalue weighted by Gasteiger charge is -1.99. The molecule has 0 aromatic carbocycles. The minimum absolute atomic E-state index is 0. The van der Waals surface area contributed by atoms with E-state index in [2.05, 4.69) is 4.98 Å². The minimum Gasteiger partial charge on any atom is -0.412 e. The molecule has 12 heavy (non-hydrogen) atoms. The van der Waals surface area contributed by atoms with Crippen LogP contribution >= 0.6 is 0 Å². The number of hydrogen-bond donors (Lipinski definition) is 3. The van der Waals surface area contributed by atoms with Gasteiger partial charge in [0.1, 0.15) is 11.5 Å². The Morgan fingerprint density at radius 2 is 1.83 bits per heavy atom. The molecule has 1 rings (SSSR count). The summed E-state index contributed by atoms with van der Waals surface area (Å²) in [6.07, 6.45) is 0. The number of aromatic amines is 1. The summed E-state index contributed by atoms with van der Waals surface area (Å²) in [5.74, 6) is -0.0851. The van der Waals surface area contributed by atoms with Crippen molar-refractivity contribution in [2.75, 3.05) is 11.5 Å². The largest absolute Gasteiger partial charge is 0.412 e. The second-order valence-corrected chi connectivity index (χ2v) is 2.12. The number of aromatic nitrogens is 2. The Balaban J connectivity index is 0.00000121. The Kier molecular flexibility index (Phi) is 2.64. The van der Waals surface area contributed by atoms with Crippen LogP contribution in [0.15, 0.2) is 9.59 Å². The van der Waals surface area contributed by atoms with Crippen molar-refractivity contribution in [1.82, 2.24) is 9.55 Å². The number of nitrogen functional groups attached to an aromatic ring is 2. The van der Waals surface area contributed by atoms with E-state index in [1.165, 1.54) is 7.05 Å². The standard InChI is InChI=1S/C5H8N4O2.H2O/c1-9-4(10)2(6)3(7)8-5(9)11;/h6-7H2,1H3,(H,8,11);1H2. The molecule has 1 aromatic heterocycles. The third kappa shape index (κ3) is 1.30. The van der Waals surface area contributed by atoms with Gasteiger partial charge in [0, 0.05) is 7.05 Å². The van der Waals surface area contributed by atoms with E-state index in [0.29, 0.717) is 0 Å². The molecule has 1 aromatic rings. The zero-order valence-corrected chi connectivity index (χ0v) is 6.42. The van der Waals surface area contributed by atoms with E-state index in [-0.39, 0.29) is 17.0 Å². The van der Waals surface area contributed by atoms with Crippen LogP contribution in [0, 0.1) is 0 Å². The van der Waals surface area contributed by atoms with Crippen LogP contribution in [0.4, 0.5) is 11.5 Å². The molecule has 0 saturated carbocycles. The first kappa shape index (κ1) is 10.2. The monoisotopic (exact) mass is 174 g/mol. The zero-order valence-electron chi connectivity index (χ0n) is 6.42. The lowest BCUT2D eigenvalue weighted by molar-refractivity contribution is 0.783. The molecule has 0 spiro atoms. The zero-order chi connectivity index (χ0) is 8.59. The van der Waals surface area contributed by atoms with Crippen molar-refractivity contribution in [3.8, 4) is 0 Å². The number of nitrogens with zero attached hydrogens (tertiary/aromatic N) is 1. The average Bonchev–Trinajstić information content (AvgIpc) is 1.97. The maximum Gasteiger partial charge on any atom is 0.329 e. The average molecular weight is 174 g/mol. The van der Waals surface area contributed by atoms with Crippen molar-refractivity contribution in [3.05, 3.63) is 20.8 Å². The molecule has 0 fully saturated rings. The molecule has 0 bridgehead atoms. The molecule has 0 aliphatic rings. The first-order valence-electron chi connectivity index (χ1n) is 2.88. The first-order valence-corrected chi connectivity index (χ1v) is 2.88. The van der Waals surface area contributed by atoms with Crippen molar-refractivity contribution in [2.24, 2.45) is 7.05 Å². The smallest absolute Gasteiger partial charge is 0.329 e. The Labute approximate surface area is 66.9 Å². The lowest BCUT2D eigenvalue weighted by atomic mass is 10.5. The van der Waals surface area contributed by atoms with Crippen molar-refractivity contribution in [1.29, 1.82) is 0 Å². The van der Waals surface area contributed by atoms with Gasteiger partial charge in [0.2, 0.25) is 0 Å². The highest BCUT2D eigenvalue weighted by molar-refractivity contribution is 5.55. The fourth-order valence-corrected chi connectivity index (χ4v) is 0.655. The van der Waals surface area contributed by atoms with Crippen molar-refractivity contribution in [3.63, 3.8) is 0 Å². The van der Waals surface area contributed by atoms with E-state index < -0.39 is 11.2 Å². The number of anilines is 2. The normalized spacial score (nSPS) is 9.08. The SMILES string of the molecule is Cn1c(=O)[nH]c(N)c(N)c1=O.O. The van der Waals surface area contributed by atoms with E-state index in [1.807, 2.05) is 0 Å². The number of H-pyrrole nitrogens is 1. The fraction of sp³-hybridized carbons (Fsp3) is 0.200. The van der Waals surface area contributed by atoms with E-state index in [0.717, 1.165) is 4.57 Å². The summed E-state index contributed by atoms with van der Waals surface area (Å²) in [7, 11) is 1.32. The second-order valence-electron chi connectivity index (χ2n) is 2.12. The molecule has 0 aliphatic carbocycles. The molecule has 0 radical (unpaired) electrons. The van der Waals surface area contributed by atoms with Crippen LogP contribution in [0.2, 0.25) is 0 Å². The Hall–Kier alpha value is -1.76. The third-order valence-corrected chi connectivity index (χ3v) is 1.37. The fourth-order valence-electron chi connectivity index (χ4n) is 0.655. The summed E-state index contributed by atoms with van der Waals surface area (Å²) in [4.78, 5) is 23.9. The molecular weight excluding hydrogens is 164 g/mol. The highest BCUT2D eigenvalue weighted by Gasteiger charge is 2.03. The number of hydrogen-bond acceptors (Lipinski definition) is 4. The molecule has 0 amide bonds. The van der Waals surface area contributed by atoms with E-state index in [4.69, 9.17) is 11.5 Å². The molecule has 0 aliphatic heterocycles. The molecule has 68 valence electrons. The van der Waals surface area contributed by atoms with Crippen molar-refractivity contribution < 1.29 is 5.48 Å². The van der Waals surface area contributed by atoms with Gasteiger partial charge in [0.15, 0.2) is 0 Å². The van der Waals surface area contributed by atoms with Crippen LogP contribution in [0.25, 0.3) is 0 Å². The van der Waals surface area contributed by atoms with Crippen molar-refractivity contribution >= 4 is 11.5 Å². The van der Waals surface area contributed by atoms with E-state index in [9.17, 15) is 9.59 Å². The summed E-state index contributed by atoms with van der Waals surface area (Å²) in [6.45, 7) is 0. The van der Waals surface area contributed by atoms with Gasteiger partial charge in [0.25, 0.3) is 5.56 Å². The van der Waals surface area contributed by atoms with Crippen LogP contribution < -0.4 is 22.7 Å². The summed E-state index contributed by atoms with van der Waals surface area (Å²) >= 11 is 0. The molecule has 7 heteroatoms. The van der Waals surface area contributed by atoms with Crippen LogP contribution in [-0.2, 0) is 7.05 Å². The number of nitrogens with one attached hydrogen (secondary N) is 1. The first-order chi connectivity index (χ1) is 5.04. The molecule has 0 unspecified atom stereocenters. The summed E-state index contributed by atoms with van der Waals surface area (Å²) in [5, 5.41) is 0. The van der Waals surface area contributed by atoms with Gasteiger partial charge in [-0.15, -0.1) is 0 Å². The van der Waals surface area contributed by atoms with Crippen LogP contribution in [0.5, 0.6) is 0 Å². The highest BCUT2D eigenvalue weighted by Crippen LogP contribution is 1.97. The lowest BCUT2D eigenvalue weighted by Crippen LogP contribution is -2.35. The molecule has 0 saturated heterocycles. The highest BCUT2D eigenvalue weighted by atomic mass is 16.2. The maximum atomic E-state index is 10.9. The predicted octanol–water partition coefficient (Wildman–Crippen LogP) is -2.59. The topological polar surface area (TPSA) is 138 Å². The molecule has 7 nitrogen and oxygen atoms in total. The third-order valence-electron chi connectivity index (χ3n) is 1.37. The van der Waals surface area contributed by atoms with Gasteiger partial charge < -0.3 is 16.9 Å². The molecule has 7 N–H and O–H groups in total. The quantitative estimate of drug-likeness (QED) is 0.397. The van der Waals surface area contributed by atoms with Gasteiger partial charge >= 0.3 is 5.69 Å². The molecule has 0 atom stereocenters. The Morgan fingerprint density at radius 1 is 1.33 bits per heavy atom. The molecule has 1 heterocycles. The van der Waals surface area contributed by atoms with Gasteiger partial charge in [-0.2, -0.15) is 0 Å². The van der Waals surface area contributed by atoms with Crippen molar-refractivity contribution in [2.45, 2.75) is 0 Å². The number of rotatable bonds is 0. The van der Waals surface area contributed by atoms with Crippen LogP contribution in [0.3, 0.4) is 0 Å². The summed E-state index contributed by atoms with van der Waals surface area (Å²) < 4.78 is 0.853. The Morgan fingerprint density at radius 3 is 2.33 bits per heavy atom. The van der Waals surface area contributed by atoms with Gasteiger partial charge in [0.05, 0.1) is 0 Å². The van der Waals surface area contributed by atoms with Gasteiger partial charge in [-0.05, 0) is 0 Å². The second kappa shape index (κ2) is 3.09. The van der Waals surface area contributed by atoms with Gasteiger partial charge in [-0.25, -0.2) is 4.79 Å². The van der Waals surface area contributed by atoms with E-state index >= 15 is 0 Å². The maximum absolute atomic E-state index is 10.9. The summed E-state index contributed by atoms with van der Waals surface area (Å²) in [5.41, 5.74) is 9.14. The Bertz CT molecular complexity index is 391. The van der Waals surface area contributed by atoms with Crippen LogP contribution in [-0.4, -0.2) is 15.0 Å². The van der Waals surface area contributed by atoms with Crippen LogP contribution in [0.1, 0.15) is 0 Å². The predicted molar refractivity (Wildman–Crippen MR) is 44.7 cm³/mol. The minimum atomic E-state index is -0.578.